The first-order valence-electron chi connectivity index (χ1n) is 9.47. The van der Waals surface area contributed by atoms with Crippen molar-refractivity contribution < 1.29 is 29.0 Å². The molecule has 0 radical (unpaired) electrons. The number of esters is 1. The first kappa shape index (κ1) is 19.0. The molecule has 29 heavy (non-hydrogen) atoms. The van der Waals surface area contributed by atoms with E-state index in [1.54, 1.807) is 0 Å². The average molecular weight is 395 g/mol. The summed E-state index contributed by atoms with van der Waals surface area (Å²) in [4.78, 5) is 36.5. The van der Waals surface area contributed by atoms with Gasteiger partial charge in [0.15, 0.2) is 0 Å². The van der Waals surface area contributed by atoms with Crippen LogP contribution in [0.1, 0.15) is 30.4 Å². The van der Waals surface area contributed by atoms with Crippen molar-refractivity contribution >= 4 is 18.0 Å². The topological polar surface area (TPSA) is 93.1 Å². The maximum atomic E-state index is 12.7. The molecule has 1 fully saturated rings. The molecule has 0 unspecified atom stereocenters. The molecule has 2 aromatic rings. The van der Waals surface area contributed by atoms with E-state index in [0.717, 1.165) is 27.2 Å². The number of hydrogen-bond acceptors (Lipinski definition) is 5. The molecule has 150 valence electrons. The van der Waals surface area contributed by atoms with E-state index < -0.39 is 30.2 Å². The number of rotatable bonds is 4. The number of nitrogens with zero attached hydrogens (tertiary/aromatic N) is 1. The first-order chi connectivity index (χ1) is 14.0. The summed E-state index contributed by atoms with van der Waals surface area (Å²) in [7, 11) is 0. The molecule has 2 aromatic carbocycles. The largest absolute Gasteiger partial charge is 0.480 e. The highest BCUT2D eigenvalue weighted by Gasteiger charge is 2.42. The second kappa shape index (κ2) is 7.58. The quantitative estimate of drug-likeness (QED) is 0.800. The van der Waals surface area contributed by atoms with Gasteiger partial charge in [0.05, 0.1) is 6.54 Å². The Balaban J connectivity index is 1.49. The van der Waals surface area contributed by atoms with E-state index in [1.165, 1.54) is 6.92 Å². The van der Waals surface area contributed by atoms with Crippen molar-refractivity contribution in [2.75, 3.05) is 13.2 Å². The summed E-state index contributed by atoms with van der Waals surface area (Å²) < 4.78 is 10.6. The summed E-state index contributed by atoms with van der Waals surface area (Å²) in [6.45, 7) is 1.37. The fourth-order valence-electron chi connectivity index (χ4n) is 4.23. The molecule has 2 atom stereocenters. The van der Waals surface area contributed by atoms with Crippen LogP contribution in [0, 0.1) is 0 Å². The van der Waals surface area contributed by atoms with Crippen LogP contribution in [-0.4, -0.2) is 53.3 Å². The Bertz CT molecular complexity index is 926. The van der Waals surface area contributed by atoms with Crippen molar-refractivity contribution in [3.63, 3.8) is 0 Å². The summed E-state index contributed by atoms with van der Waals surface area (Å²) in [5.74, 6) is -1.76. The predicted molar refractivity (Wildman–Crippen MR) is 103 cm³/mol. The summed E-state index contributed by atoms with van der Waals surface area (Å²) in [5, 5.41) is 9.43. The third-order valence-electron chi connectivity index (χ3n) is 5.45. The molecule has 0 aromatic heterocycles. The Labute approximate surface area is 167 Å². The fourth-order valence-corrected chi connectivity index (χ4v) is 4.23. The molecule has 1 aliphatic carbocycles. The molecule has 7 heteroatoms. The molecule has 1 heterocycles. The Hall–Kier alpha value is -3.35. The van der Waals surface area contributed by atoms with Gasteiger partial charge in [-0.1, -0.05) is 48.5 Å². The lowest BCUT2D eigenvalue weighted by atomic mass is 9.98. The number of carbonyl (C=O) groups is 3. The van der Waals surface area contributed by atoms with Crippen LogP contribution < -0.4 is 0 Å². The fraction of sp³-hybridized carbons (Fsp3) is 0.318. The highest BCUT2D eigenvalue weighted by atomic mass is 16.6. The lowest BCUT2D eigenvalue weighted by molar-refractivity contribution is -0.146. The highest BCUT2D eigenvalue weighted by molar-refractivity contribution is 5.82. The van der Waals surface area contributed by atoms with Gasteiger partial charge in [-0.25, -0.2) is 9.59 Å². The molecule has 0 bridgehead atoms. The molecule has 1 N–H and O–H groups in total. The molecule has 1 aliphatic heterocycles. The van der Waals surface area contributed by atoms with Gasteiger partial charge < -0.3 is 14.6 Å². The maximum Gasteiger partial charge on any atom is 0.410 e. The molecule has 4 rings (SSSR count). The number of benzene rings is 2. The van der Waals surface area contributed by atoms with Crippen molar-refractivity contribution in [1.82, 2.24) is 4.90 Å². The average Bonchev–Trinajstić information content (AvgIpc) is 3.25. The van der Waals surface area contributed by atoms with E-state index >= 15 is 0 Å². The van der Waals surface area contributed by atoms with Crippen molar-refractivity contribution in [3.05, 3.63) is 59.7 Å². The van der Waals surface area contributed by atoms with Gasteiger partial charge in [-0.3, -0.25) is 9.69 Å². The smallest absolute Gasteiger partial charge is 0.410 e. The summed E-state index contributed by atoms with van der Waals surface area (Å²) in [6.07, 6.45) is -1.30. The van der Waals surface area contributed by atoms with E-state index in [1.807, 2.05) is 48.5 Å². The van der Waals surface area contributed by atoms with Crippen molar-refractivity contribution in [1.29, 1.82) is 0 Å². The maximum absolute atomic E-state index is 12.7. The molecule has 1 saturated heterocycles. The van der Waals surface area contributed by atoms with Crippen LogP contribution in [-0.2, 0) is 19.1 Å². The van der Waals surface area contributed by atoms with Crippen LogP contribution >= 0.6 is 0 Å². The van der Waals surface area contributed by atoms with Gasteiger partial charge >= 0.3 is 18.0 Å². The second-order valence-electron chi connectivity index (χ2n) is 7.28. The Morgan fingerprint density at radius 2 is 1.62 bits per heavy atom. The molecule has 7 nitrogen and oxygen atoms in total. The number of ether oxygens (including phenoxy) is 2. The minimum absolute atomic E-state index is 0.00716. The van der Waals surface area contributed by atoms with Gasteiger partial charge in [0.1, 0.15) is 18.8 Å². The van der Waals surface area contributed by atoms with Crippen LogP contribution in [0.2, 0.25) is 0 Å². The van der Waals surface area contributed by atoms with Crippen molar-refractivity contribution in [3.8, 4) is 11.1 Å². The predicted octanol–water partition coefficient (Wildman–Crippen LogP) is 3.03. The van der Waals surface area contributed by atoms with Crippen LogP contribution in [0.3, 0.4) is 0 Å². The van der Waals surface area contributed by atoms with Gasteiger partial charge in [0.25, 0.3) is 0 Å². The Kier molecular flexibility index (Phi) is 4.96. The number of aliphatic carboxylic acids is 1. The minimum Gasteiger partial charge on any atom is -0.480 e. The van der Waals surface area contributed by atoms with Crippen LogP contribution in [0.25, 0.3) is 11.1 Å². The monoisotopic (exact) mass is 395 g/mol. The second-order valence-corrected chi connectivity index (χ2v) is 7.28. The van der Waals surface area contributed by atoms with E-state index in [0.29, 0.717) is 0 Å². The summed E-state index contributed by atoms with van der Waals surface area (Å²) in [6, 6.07) is 14.9. The number of amides is 1. The van der Waals surface area contributed by atoms with Gasteiger partial charge in [0, 0.05) is 19.3 Å². The summed E-state index contributed by atoms with van der Waals surface area (Å²) >= 11 is 0. The standard InChI is InChI=1S/C22H21NO6/c1-13(24)29-14-10-20(21(25)26)23(11-14)22(27)28-12-19-17-8-4-2-6-15(17)16-7-3-5-9-18(16)19/h2-9,14,19-20H,10-12H2,1H3,(H,25,26)/t14-,20+/m1/s1. The third kappa shape index (κ3) is 3.55. The van der Waals surface area contributed by atoms with E-state index in [-0.39, 0.29) is 25.5 Å². The number of fused-ring (bicyclic) bond motifs is 3. The molecule has 0 spiro atoms. The number of carbonyl (C=O) groups excluding carboxylic acids is 2. The zero-order valence-electron chi connectivity index (χ0n) is 15.9. The molecular weight excluding hydrogens is 374 g/mol. The molecule has 2 aliphatic rings. The molecule has 0 saturated carbocycles. The van der Waals surface area contributed by atoms with Crippen LogP contribution in [0.4, 0.5) is 4.79 Å². The molecular formula is C22H21NO6. The number of carboxylic acids is 1. The van der Waals surface area contributed by atoms with Crippen LogP contribution in [0.5, 0.6) is 0 Å². The zero-order valence-corrected chi connectivity index (χ0v) is 15.9. The Morgan fingerprint density at radius 3 is 2.17 bits per heavy atom. The first-order valence-corrected chi connectivity index (χ1v) is 9.47. The van der Waals surface area contributed by atoms with Gasteiger partial charge in [-0.15, -0.1) is 0 Å². The van der Waals surface area contributed by atoms with E-state index in [9.17, 15) is 19.5 Å². The number of likely N-dealkylation sites (tertiary alicyclic amines) is 1. The minimum atomic E-state index is -1.15. The highest BCUT2D eigenvalue weighted by Crippen LogP contribution is 2.44. The number of carboxylic acid groups (broad SMARTS) is 1. The third-order valence-corrected chi connectivity index (χ3v) is 5.45. The van der Waals surface area contributed by atoms with Crippen molar-refractivity contribution in [2.45, 2.75) is 31.4 Å². The normalized spacial score (nSPS) is 20.1. The summed E-state index contributed by atoms with van der Waals surface area (Å²) in [5.41, 5.74) is 4.39. The SMILES string of the molecule is CC(=O)O[C@@H]1C[C@@H](C(=O)O)N(C(=O)OCC2c3ccccc3-c3ccccc32)C1. The lowest BCUT2D eigenvalue weighted by Crippen LogP contribution is -2.41. The lowest BCUT2D eigenvalue weighted by Gasteiger charge is -2.22. The number of hydrogen-bond donors (Lipinski definition) is 1. The van der Waals surface area contributed by atoms with E-state index in [2.05, 4.69) is 0 Å². The van der Waals surface area contributed by atoms with Crippen molar-refractivity contribution in [2.24, 2.45) is 0 Å². The van der Waals surface area contributed by atoms with Crippen LogP contribution in [0.15, 0.2) is 48.5 Å². The van der Waals surface area contributed by atoms with Gasteiger partial charge in [-0.05, 0) is 22.3 Å². The van der Waals surface area contributed by atoms with E-state index in [4.69, 9.17) is 9.47 Å². The molecule has 1 amide bonds. The van der Waals surface area contributed by atoms with Gasteiger partial charge in [-0.2, -0.15) is 0 Å². The van der Waals surface area contributed by atoms with Gasteiger partial charge in [0.2, 0.25) is 0 Å². The zero-order chi connectivity index (χ0) is 20.5. The Morgan fingerprint density at radius 1 is 1.03 bits per heavy atom.